The van der Waals surface area contributed by atoms with Gasteiger partial charge in [-0.25, -0.2) is 0 Å². The van der Waals surface area contributed by atoms with Crippen molar-refractivity contribution in [3.63, 3.8) is 0 Å². The molecule has 0 radical (unpaired) electrons. The third kappa shape index (κ3) is 4.31. The van der Waals surface area contributed by atoms with Gasteiger partial charge < -0.3 is 5.32 Å². The van der Waals surface area contributed by atoms with Crippen molar-refractivity contribution in [3.8, 4) is 0 Å². The maximum atomic E-state index is 3.42. The first-order valence-electron chi connectivity index (χ1n) is 8.09. The first-order valence-corrected chi connectivity index (χ1v) is 8.91. The van der Waals surface area contributed by atoms with Crippen LogP contribution in [0.1, 0.15) is 54.8 Å². The second-order valence-corrected chi connectivity index (χ2v) is 7.74. The third-order valence-electron chi connectivity index (χ3n) is 4.65. The van der Waals surface area contributed by atoms with Crippen molar-refractivity contribution in [3.05, 3.63) is 21.4 Å². The van der Waals surface area contributed by atoms with Crippen molar-refractivity contribution in [2.75, 3.05) is 13.6 Å². The minimum atomic E-state index is 0.794. The summed E-state index contributed by atoms with van der Waals surface area (Å²) in [5, 5.41) is 3.42. The van der Waals surface area contributed by atoms with Crippen LogP contribution in [0.5, 0.6) is 0 Å². The minimum Gasteiger partial charge on any atom is -0.312 e. The highest BCUT2D eigenvalue weighted by Gasteiger charge is 2.22. The molecule has 0 atom stereocenters. The van der Waals surface area contributed by atoms with E-state index in [2.05, 4.69) is 44.1 Å². The van der Waals surface area contributed by atoms with Gasteiger partial charge in [0, 0.05) is 28.9 Å². The van der Waals surface area contributed by atoms with Crippen LogP contribution in [0.3, 0.4) is 0 Å². The summed E-state index contributed by atoms with van der Waals surface area (Å²) in [7, 11) is 2.31. The molecule has 1 fully saturated rings. The van der Waals surface area contributed by atoms with E-state index in [1.807, 2.05) is 11.3 Å². The Morgan fingerprint density at radius 3 is 2.65 bits per heavy atom. The molecule has 1 aromatic rings. The van der Waals surface area contributed by atoms with Crippen molar-refractivity contribution in [1.29, 1.82) is 0 Å². The van der Waals surface area contributed by atoms with Gasteiger partial charge in [-0.15, -0.1) is 11.3 Å². The summed E-state index contributed by atoms with van der Waals surface area (Å²) in [4.78, 5) is 5.55. The van der Waals surface area contributed by atoms with E-state index < -0.39 is 0 Å². The molecule has 1 N–H and O–H groups in total. The molecule has 0 saturated heterocycles. The van der Waals surface area contributed by atoms with Gasteiger partial charge >= 0.3 is 0 Å². The SMILES string of the molecule is CCNCc1cc(CN(C)C2CCC(C)CC2)c(C)s1. The highest BCUT2D eigenvalue weighted by Crippen LogP contribution is 2.29. The van der Waals surface area contributed by atoms with E-state index in [9.17, 15) is 0 Å². The summed E-state index contributed by atoms with van der Waals surface area (Å²) >= 11 is 1.95. The second-order valence-electron chi connectivity index (χ2n) is 6.40. The maximum absolute atomic E-state index is 3.42. The monoisotopic (exact) mass is 294 g/mol. The molecular weight excluding hydrogens is 264 g/mol. The summed E-state index contributed by atoms with van der Waals surface area (Å²) in [6.45, 7) is 10.0. The Hall–Kier alpha value is -0.380. The highest BCUT2D eigenvalue weighted by molar-refractivity contribution is 7.12. The topological polar surface area (TPSA) is 15.3 Å². The average molecular weight is 295 g/mol. The van der Waals surface area contributed by atoms with Gasteiger partial charge in [-0.3, -0.25) is 4.90 Å². The molecule has 2 rings (SSSR count). The number of aryl methyl sites for hydroxylation is 1. The lowest BCUT2D eigenvalue weighted by molar-refractivity contribution is 0.164. The molecule has 0 spiro atoms. The van der Waals surface area contributed by atoms with Gasteiger partial charge in [0.1, 0.15) is 0 Å². The Bertz CT molecular complexity index is 405. The van der Waals surface area contributed by atoms with E-state index in [0.29, 0.717) is 0 Å². The van der Waals surface area contributed by atoms with Crippen molar-refractivity contribution in [1.82, 2.24) is 10.2 Å². The van der Waals surface area contributed by atoms with E-state index in [0.717, 1.165) is 31.6 Å². The van der Waals surface area contributed by atoms with E-state index in [1.165, 1.54) is 41.0 Å². The number of hydrogen-bond donors (Lipinski definition) is 1. The molecule has 0 bridgehead atoms. The van der Waals surface area contributed by atoms with Crippen LogP contribution in [-0.4, -0.2) is 24.5 Å². The molecule has 1 saturated carbocycles. The van der Waals surface area contributed by atoms with Crippen LogP contribution in [0, 0.1) is 12.8 Å². The molecule has 0 unspecified atom stereocenters. The Balaban J connectivity index is 1.90. The molecule has 1 heterocycles. The Labute approximate surface area is 128 Å². The van der Waals surface area contributed by atoms with Crippen LogP contribution in [0.25, 0.3) is 0 Å². The number of nitrogens with one attached hydrogen (secondary N) is 1. The molecule has 0 amide bonds. The van der Waals surface area contributed by atoms with Crippen molar-refractivity contribution in [2.45, 2.75) is 65.6 Å². The minimum absolute atomic E-state index is 0.794. The number of thiophene rings is 1. The summed E-state index contributed by atoms with van der Waals surface area (Å²) in [6.07, 6.45) is 5.57. The van der Waals surface area contributed by atoms with Gasteiger partial charge in [0.25, 0.3) is 0 Å². The molecular formula is C17H30N2S. The average Bonchev–Trinajstić information content (AvgIpc) is 2.77. The van der Waals surface area contributed by atoms with Gasteiger partial charge in [0.15, 0.2) is 0 Å². The van der Waals surface area contributed by atoms with E-state index >= 15 is 0 Å². The summed E-state index contributed by atoms with van der Waals surface area (Å²) < 4.78 is 0. The molecule has 3 heteroatoms. The predicted octanol–water partition coefficient (Wildman–Crippen LogP) is 4.18. The zero-order chi connectivity index (χ0) is 14.5. The van der Waals surface area contributed by atoms with Gasteiger partial charge in [0.05, 0.1) is 0 Å². The quantitative estimate of drug-likeness (QED) is 0.847. The van der Waals surface area contributed by atoms with E-state index in [-0.39, 0.29) is 0 Å². The van der Waals surface area contributed by atoms with Gasteiger partial charge in [0.2, 0.25) is 0 Å². The lowest BCUT2D eigenvalue weighted by Gasteiger charge is -2.33. The molecule has 1 aromatic heterocycles. The second kappa shape index (κ2) is 7.58. The van der Waals surface area contributed by atoms with Crippen molar-refractivity contribution in [2.24, 2.45) is 5.92 Å². The Morgan fingerprint density at radius 1 is 1.30 bits per heavy atom. The largest absolute Gasteiger partial charge is 0.312 e. The van der Waals surface area contributed by atoms with Gasteiger partial charge in [-0.05, 0) is 63.7 Å². The lowest BCUT2D eigenvalue weighted by atomic mass is 9.86. The van der Waals surface area contributed by atoms with Crippen LogP contribution in [0.15, 0.2) is 6.07 Å². The standard InChI is InChI=1S/C17H30N2S/c1-5-18-11-17-10-15(14(3)20-17)12-19(4)16-8-6-13(2)7-9-16/h10,13,16,18H,5-9,11-12H2,1-4H3. The van der Waals surface area contributed by atoms with E-state index in [4.69, 9.17) is 0 Å². The number of hydrogen-bond acceptors (Lipinski definition) is 3. The highest BCUT2D eigenvalue weighted by atomic mass is 32.1. The molecule has 0 aliphatic heterocycles. The number of rotatable bonds is 6. The number of nitrogens with zero attached hydrogens (tertiary/aromatic N) is 1. The molecule has 114 valence electrons. The molecule has 2 nitrogen and oxygen atoms in total. The summed E-state index contributed by atoms with van der Waals surface area (Å²) in [5.74, 6) is 0.939. The molecule has 1 aliphatic carbocycles. The van der Waals surface area contributed by atoms with Crippen LogP contribution in [-0.2, 0) is 13.1 Å². The van der Waals surface area contributed by atoms with Crippen molar-refractivity contribution >= 4 is 11.3 Å². The fraction of sp³-hybridized carbons (Fsp3) is 0.765. The van der Waals surface area contributed by atoms with Gasteiger partial charge in [-0.2, -0.15) is 0 Å². The first-order chi connectivity index (χ1) is 9.60. The zero-order valence-corrected chi connectivity index (χ0v) is 14.4. The lowest BCUT2D eigenvalue weighted by Crippen LogP contribution is -2.34. The zero-order valence-electron chi connectivity index (χ0n) is 13.5. The normalized spacial score (nSPS) is 23.4. The third-order valence-corrected chi connectivity index (χ3v) is 5.74. The Morgan fingerprint density at radius 2 is 2.00 bits per heavy atom. The van der Waals surface area contributed by atoms with Crippen LogP contribution in [0.4, 0.5) is 0 Å². The fourth-order valence-electron chi connectivity index (χ4n) is 3.16. The summed E-state index contributed by atoms with van der Waals surface area (Å²) in [5.41, 5.74) is 1.53. The molecule has 20 heavy (non-hydrogen) atoms. The van der Waals surface area contributed by atoms with Gasteiger partial charge in [-0.1, -0.05) is 13.8 Å². The molecule has 0 aromatic carbocycles. The molecule has 1 aliphatic rings. The predicted molar refractivity (Wildman–Crippen MR) is 89.3 cm³/mol. The van der Waals surface area contributed by atoms with Crippen LogP contribution in [0.2, 0.25) is 0 Å². The van der Waals surface area contributed by atoms with Crippen molar-refractivity contribution < 1.29 is 0 Å². The van der Waals surface area contributed by atoms with E-state index in [1.54, 1.807) is 0 Å². The maximum Gasteiger partial charge on any atom is 0.0299 e. The summed E-state index contributed by atoms with van der Waals surface area (Å²) in [6, 6.07) is 3.20. The Kier molecular flexibility index (Phi) is 6.06. The smallest absolute Gasteiger partial charge is 0.0299 e. The van der Waals surface area contributed by atoms with Crippen LogP contribution >= 0.6 is 11.3 Å². The fourth-order valence-corrected chi connectivity index (χ4v) is 4.18. The first kappa shape index (κ1) is 16.0. The van der Waals surface area contributed by atoms with Crippen LogP contribution < -0.4 is 5.32 Å².